The van der Waals surface area contributed by atoms with Gasteiger partial charge in [-0.15, -0.1) is 0 Å². The molecule has 94 valence electrons. The monoisotopic (exact) mass is 249 g/mol. The van der Waals surface area contributed by atoms with Gasteiger partial charge in [-0.3, -0.25) is 0 Å². The van der Waals surface area contributed by atoms with Gasteiger partial charge in [0.2, 0.25) is 0 Å². The number of aromatic hydroxyl groups is 1. The van der Waals surface area contributed by atoms with Crippen LogP contribution in [0.3, 0.4) is 0 Å². The van der Waals surface area contributed by atoms with E-state index in [-0.39, 0.29) is 0 Å². The van der Waals surface area contributed by atoms with Crippen molar-refractivity contribution < 1.29 is 5.11 Å². The molecule has 0 radical (unpaired) electrons. The molecule has 2 heteroatoms. The second kappa shape index (κ2) is 3.64. The molecule has 2 heterocycles. The molecule has 0 saturated carbocycles. The lowest BCUT2D eigenvalue weighted by Crippen LogP contribution is -2.14. The molecule has 1 N–H and O–H groups in total. The SMILES string of the molecule is CC1Cn2c(cc3ccc(O)cc32)-c2ccccc21. The maximum Gasteiger partial charge on any atom is 0.117 e. The van der Waals surface area contributed by atoms with E-state index in [4.69, 9.17) is 0 Å². The van der Waals surface area contributed by atoms with Gasteiger partial charge in [-0.2, -0.15) is 0 Å². The Morgan fingerprint density at radius 1 is 1.11 bits per heavy atom. The van der Waals surface area contributed by atoms with E-state index in [0.717, 1.165) is 12.1 Å². The number of phenolic OH excluding ortho intramolecular Hbond substituents is 1. The molecule has 1 aliphatic rings. The van der Waals surface area contributed by atoms with Gasteiger partial charge in [0, 0.05) is 29.3 Å². The van der Waals surface area contributed by atoms with Crippen molar-refractivity contribution in [1.29, 1.82) is 0 Å². The van der Waals surface area contributed by atoms with Gasteiger partial charge in [0.25, 0.3) is 0 Å². The summed E-state index contributed by atoms with van der Waals surface area (Å²) >= 11 is 0. The van der Waals surface area contributed by atoms with Gasteiger partial charge in [-0.05, 0) is 29.7 Å². The highest BCUT2D eigenvalue weighted by Gasteiger charge is 2.22. The third kappa shape index (κ3) is 1.43. The highest BCUT2D eigenvalue weighted by molar-refractivity contribution is 5.89. The lowest BCUT2D eigenvalue weighted by Gasteiger charge is -2.25. The van der Waals surface area contributed by atoms with Crippen LogP contribution in [-0.4, -0.2) is 9.67 Å². The van der Waals surface area contributed by atoms with Crippen molar-refractivity contribution in [2.24, 2.45) is 0 Å². The highest BCUT2D eigenvalue weighted by Crippen LogP contribution is 2.39. The van der Waals surface area contributed by atoms with Crippen LogP contribution < -0.4 is 0 Å². The van der Waals surface area contributed by atoms with Crippen LogP contribution in [-0.2, 0) is 6.54 Å². The van der Waals surface area contributed by atoms with E-state index >= 15 is 0 Å². The smallest absolute Gasteiger partial charge is 0.117 e. The summed E-state index contributed by atoms with van der Waals surface area (Å²) < 4.78 is 2.32. The summed E-state index contributed by atoms with van der Waals surface area (Å²) in [6.07, 6.45) is 0. The number of fused-ring (bicyclic) bond motifs is 5. The van der Waals surface area contributed by atoms with Crippen molar-refractivity contribution in [2.45, 2.75) is 19.4 Å². The molecule has 3 aromatic rings. The lowest BCUT2D eigenvalue weighted by atomic mass is 9.91. The minimum atomic E-state index is 0.333. The van der Waals surface area contributed by atoms with Crippen molar-refractivity contribution in [1.82, 2.24) is 4.57 Å². The van der Waals surface area contributed by atoms with Gasteiger partial charge in [0.1, 0.15) is 5.75 Å². The predicted molar refractivity (Wildman–Crippen MR) is 77.5 cm³/mol. The molecule has 0 amide bonds. The van der Waals surface area contributed by atoms with E-state index in [1.54, 1.807) is 6.07 Å². The average molecular weight is 249 g/mol. The van der Waals surface area contributed by atoms with Gasteiger partial charge in [0.05, 0.1) is 5.52 Å². The highest BCUT2D eigenvalue weighted by atomic mass is 16.3. The first-order chi connectivity index (χ1) is 9.24. The molecule has 0 bridgehead atoms. The fourth-order valence-corrected chi connectivity index (χ4v) is 3.19. The van der Waals surface area contributed by atoms with Crippen LogP contribution in [0.1, 0.15) is 18.4 Å². The minimum absolute atomic E-state index is 0.333. The Kier molecular flexibility index (Phi) is 2.05. The number of benzene rings is 2. The number of rotatable bonds is 0. The number of aromatic nitrogens is 1. The number of phenols is 1. The molecular formula is C17H15NO. The largest absolute Gasteiger partial charge is 0.508 e. The maximum absolute atomic E-state index is 9.70. The Balaban J connectivity index is 2.09. The van der Waals surface area contributed by atoms with Crippen molar-refractivity contribution in [2.75, 3.05) is 0 Å². The first-order valence-electron chi connectivity index (χ1n) is 6.65. The Morgan fingerprint density at radius 3 is 2.84 bits per heavy atom. The van der Waals surface area contributed by atoms with Crippen LogP contribution >= 0.6 is 0 Å². The van der Waals surface area contributed by atoms with Crippen LogP contribution in [0.5, 0.6) is 5.75 Å². The first kappa shape index (κ1) is 10.7. The van der Waals surface area contributed by atoms with Crippen LogP contribution in [0.2, 0.25) is 0 Å². The Hall–Kier alpha value is -2.22. The second-order valence-electron chi connectivity index (χ2n) is 5.37. The third-order valence-corrected chi connectivity index (χ3v) is 4.11. The summed E-state index contributed by atoms with van der Waals surface area (Å²) in [6.45, 7) is 3.23. The van der Waals surface area contributed by atoms with Crippen LogP contribution in [0.4, 0.5) is 0 Å². The molecule has 2 aromatic carbocycles. The number of nitrogens with zero attached hydrogens (tertiary/aromatic N) is 1. The van der Waals surface area contributed by atoms with E-state index in [2.05, 4.69) is 41.8 Å². The molecule has 2 nitrogen and oxygen atoms in total. The minimum Gasteiger partial charge on any atom is -0.508 e. The molecular weight excluding hydrogens is 234 g/mol. The Bertz CT molecular complexity index is 785. The topological polar surface area (TPSA) is 25.2 Å². The van der Waals surface area contributed by atoms with Gasteiger partial charge in [-0.1, -0.05) is 31.2 Å². The van der Waals surface area contributed by atoms with Gasteiger partial charge in [-0.25, -0.2) is 0 Å². The third-order valence-electron chi connectivity index (χ3n) is 4.11. The number of hydrogen-bond donors (Lipinski definition) is 1. The summed E-state index contributed by atoms with van der Waals surface area (Å²) in [7, 11) is 0. The second-order valence-corrected chi connectivity index (χ2v) is 5.37. The molecule has 0 fully saturated rings. The fourth-order valence-electron chi connectivity index (χ4n) is 3.19. The van der Waals surface area contributed by atoms with Gasteiger partial charge in [0.15, 0.2) is 0 Å². The van der Waals surface area contributed by atoms with Crippen LogP contribution in [0, 0.1) is 0 Å². The summed E-state index contributed by atoms with van der Waals surface area (Å²) in [5.41, 5.74) is 5.12. The lowest BCUT2D eigenvalue weighted by molar-refractivity contribution is 0.475. The molecule has 0 saturated heterocycles. The van der Waals surface area contributed by atoms with E-state index in [9.17, 15) is 5.11 Å². The molecule has 1 unspecified atom stereocenters. The zero-order valence-electron chi connectivity index (χ0n) is 10.8. The van der Waals surface area contributed by atoms with E-state index in [0.29, 0.717) is 11.7 Å². The zero-order valence-corrected chi connectivity index (χ0v) is 10.8. The van der Waals surface area contributed by atoms with Crippen molar-refractivity contribution in [3.05, 3.63) is 54.1 Å². The van der Waals surface area contributed by atoms with Crippen LogP contribution in [0.15, 0.2) is 48.5 Å². The van der Waals surface area contributed by atoms with Crippen molar-refractivity contribution in [3.8, 4) is 17.0 Å². The Morgan fingerprint density at radius 2 is 1.95 bits per heavy atom. The van der Waals surface area contributed by atoms with Gasteiger partial charge >= 0.3 is 0 Å². The molecule has 0 spiro atoms. The van der Waals surface area contributed by atoms with Crippen molar-refractivity contribution in [3.63, 3.8) is 0 Å². The van der Waals surface area contributed by atoms with Crippen LogP contribution in [0.25, 0.3) is 22.2 Å². The van der Waals surface area contributed by atoms with E-state index in [1.807, 2.05) is 12.1 Å². The average Bonchev–Trinajstić information content (AvgIpc) is 2.78. The van der Waals surface area contributed by atoms with E-state index < -0.39 is 0 Å². The molecule has 1 aliphatic heterocycles. The maximum atomic E-state index is 9.70. The van der Waals surface area contributed by atoms with E-state index in [1.165, 1.54) is 22.2 Å². The summed E-state index contributed by atoms with van der Waals surface area (Å²) in [6, 6.07) is 16.4. The quantitative estimate of drug-likeness (QED) is 0.636. The number of hydrogen-bond acceptors (Lipinski definition) is 1. The van der Waals surface area contributed by atoms with Gasteiger partial charge < -0.3 is 9.67 Å². The molecule has 1 atom stereocenters. The zero-order chi connectivity index (χ0) is 13.0. The summed E-state index contributed by atoms with van der Waals surface area (Å²) in [4.78, 5) is 0. The summed E-state index contributed by atoms with van der Waals surface area (Å²) in [5.74, 6) is 0.835. The molecule has 19 heavy (non-hydrogen) atoms. The molecule has 4 rings (SSSR count). The Labute approximate surface area is 111 Å². The molecule has 1 aromatic heterocycles. The summed E-state index contributed by atoms with van der Waals surface area (Å²) in [5, 5.41) is 10.9. The van der Waals surface area contributed by atoms with Crippen molar-refractivity contribution >= 4 is 10.9 Å². The molecule has 0 aliphatic carbocycles. The predicted octanol–water partition coefficient (Wildman–Crippen LogP) is 4.13. The fraction of sp³-hybridized carbons (Fsp3) is 0.176. The standard InChI is InChI=1S/C17H15NO/c1-11-10-18-16-9-13(19)7-6-12(16)8-17(18)15-5-3-2-4-14(11)15/h2-9,11,19H,10H2,1H3. The normalized spacial score (nSPS) is 17.2. The first-order valence-corrected chi connectivity index (χ1v) is 6.65.